The van der Waals surface area contributed by atoms with E-state index in [1.165, 1.54) is 5.56 Å². The molecule has 4 aromatic rings. The quantitative estimate of drug-likeness (QED) is 0.338. The Bertz CT molecular complexity index is 2010. The van der Waals surface area contributed by atoms with Gasteiger partial charge in [0.05, 0.1) is 16.4 Å². The van der Waals surface area contributed by atoms with Gasteiger partial charge in [-0.25, -0.2) is 8.42 Å². The van der Waals surface area contributed by atoms with Gasteiger partial charge in [-0.15, -0.1) is 0 Å². The predicted octanol–water partition coefficient (Wildman–Crippen LogP) is 5.71. The van der Waals surface area contributed by atoms with Gasteiger partial charge in [-0.3, -0.25) is 0 Å². The molecule has 4 aromatic carbocycles. The molecule has 7 rings (SSSR count). The van der Waals surface area contributed by atoms with Gasteiger partial charge in [0.1, 0.15) is 0 Å². The van der Waals surface area contributed by atoms with E-state index in [4.69, 9.17) is 0 Å². The number of hydrogen-bond donors (Lipinski definition) is 2. The maximum atomic E-state index is 13.5. The highest BCUT2D eigenvalue weighted by Gasteiger charge is 2.27. The molecule has 0 amide bonds. The summed E-state index contributed by atoms with van der Waals surface area (Å²) in [6.07, 6.45) is 12.3. The molecule has 1 heterocycles. The van der Waals surface area contributed by atoms with Crippen molar-refractivity contribution in [3.05, 3.63) is 146 Å². The lowest BCUT2D eigenvalue weighted by Crippen LogP contribution is -2.27. The first-order valence-corrected chi connectivity index (χ1v) is 15.5. The minimum Gasteiger partial charge on any atom is -0.395 e. The van der Waals surface area contributed by atoms with Crippen molar-refractivity contribution in [1.82, 2.24) is 0 Å². The van der Waals surface area contributed by atoms with Gasteiger partial charge < -0.3 is 10.4 Å². The zero-order chi connectivity index (χ0) is 28.4. The van der Waals surface area contributed by atoms with E-state index >= 15 is 0 Å². The molecule has 5 heteroatoms. The van der Waals surface area contributed by atoms with E-state index in [-0.39, 0.29) is 12.5 Å². The largest absolute Gasteiger partial charge is 0.395 e. The van der Waals surface area contributed by atoms with Crippen LogP contribution in [-0.4, -0.2) is 20.1 Å². The number of aliphatic hydroxyl groups is 1. The third-order valence-corrected chi connectivity index (χ3v) is 9.99. The molecule has 3 aliphatic rings. The molecule has 41 heavy (non-hydrogen) atoms. The average Bonchev–Trinajstić information content (AvgIpc) is 3.26. The van der Waals surface area contributed by atoms with Crippen LogP contribution in [0.25, 0.3) is 17.1 Å². The van der Waals surface area contributed by atoms with Crippen molar-refractivity contribution in [1.29, 1.82) is 0 Å². The van der Waals surface area contributed by atoms with Crippen molar-refractivity contribution in [2.75, 3.05) is 11.9 Å². The number of rotatable bonds is 3. The summed E-state index contributed by atoms with van der Waals surface area (Å²) in [5, 5.41) is 17.5. The summed E-state index contributed by atoms with van der Waals surface area (Å²) in [4.78, 5) is 0.857. The third kappa shape index (κ3) is 5.19. The Hall–Kier alpha value is -4.19. The van der Waals surface area contributed by atoms with E-state index in [0.29, 0.717) is 16.2 Å². The molecule has 1 atom stereocenters. The molecule has 0 fully saturated rings. The standard InChI is InChI=1S/C26H24O3S.C10H9N/c1-17-9-11-20(12-10-17)30(28,29)25-8-4-7-23-22(25)13-14-24-21-6-3-2-5-18(21)15-19(16-27)26(23)24;1-2-7-10-9(5-1)6-3-4-8-11-10/h2-3,5-6,9-15,19,27H,4,7-8,16H2,1H3;1-8,11H. The number of hydrogen-bond acceptors (Lipinski definition) is 4. The SMILES string of the molecule is C1=CNc2ccccc2C=C1.Cc1ccc(S(=O)(=O)C2=c3ccc4c(c3CCC2)C(CO)C=c2ccccc2=4)cc1. The smallest absolute Gasteiger partial charge is 0.203 e. The Morgan fingerprint density at radius 2 is 1.59 bits per heavy atom. The highest BCUT2D eigenvalue weighted by atomic mass is 32.2. The fourth-order valence-corrected chi connectivity index (χ4v) is 7.68. The van der Waals surface area contributed by atoms with Crippen molar-refractivity contribution in [2.45, 2.75) is 37.0 Å². The van der Waals surface area contributed by atoms with E-state index in [9.17, 15) is 13.5 Å². The Kier molecular flexibility index (Phi) is 7.48. The maximum absolute atomic E-state index is 13.5. The predicted molar refractivity (Wildman–Crippen MR) is 167 cm³/mol. The van der Waals surface area contributed by atoms with E-state index in [2.05, 4.69) is 41.7 Å². The van der Waals surface area contributed by atoms with Crippen LogP contribution >= 0.6 is 0 Å². The molecular weight excluding hydrogens is 526 g/mol. The van der Waals surface area contributed by atoms with Crippen LogP contribution < -0.4 is 15.8 Å². The van der Waals surface area contributed by atoms with Crippen LogP contribution in [0, 0.1) is 17.4 Å². The fraction of sp³-hybridized carbons (Fsp3) is 0.167. The summed E-state index contributed by atoms with van der Waals surface area (Å²) < 4.78 is 27.0. The van der Waals surface area contributed by atoms with Crippen LogP contribution in [0.1, 0.15) is 41.0 Å². The van der Waals surface area contributed by atoms with Crippen LogP contribution in [-0.2, 0) is 16.3 Å². The first-order valence-electron chi connectivity index (χ1n) is 14.0. The molecule has 206 valence electrons. The Morgan fingerprint density at radius 1 is 0.829 bits per heavy atom. The monoisotopic (exact) mass is 559 g/mol. The number of anilines is 1. The molecule has 0 saturated carbocycles. The number of para-hydroxylation sites is 1. The summed E-state index contributed by atoms with van der Waals surface area (Å²) >= 11 is 0. The number of allylic oxidation sites excluding steroid dienone is 2. The van der Waals surface area contributed by atoms with Crippen LogP contribution in [0.3, 0.4) is 0 Å². The summed E-state index contributed by atoms with van der Waals surface area (Å²) in [5.41, 5.74) is 5.60. The van der Waals surface area contributed by atoms with Gasteiger partial charge in [-0.1, -0.05) is 90.5 Å². The highest BCUT2D eigenvalue weighted by molar-refractivity contribution is 8.00. The van der Waals surface area contributed by atoms with Crippen molar-refractivity contribution in [2.24, 2.45) is 0 Å². The molecule has 1 aliphatic heterocycles. The Morgan fingerprint density at radius 3 is 2.41 bits per heavy atom. The summed E-state index contributed by atoms with van der Waals surface area (Å²) in [6, 6.07) is 27.5. The highest BCUT2D eigenvalue weighted by Crippen LogP contribution is 2.31. The maximum Gasteiger partial charge on any atom is 0.203 e. The lowest BCUT2D eigenvalue weighted by molar-refractivity contribution is 0.287. The van der Waals surface area contributed by atoms with E-state index in [0.717, 1.165) is 56.1 Å². The first-order chi connectivity index (χ1) is 20.0. The van der Waals surface area contributed by atoms with E-state index in [1.54, 1.807) is 12.1 Å². The van der Waals surface area contributed by atoms with E-state index in [1.807, 2.05) is 73.8 Å². The van der Waals surface area contributed by atoms with Gasteiger partial charge in [0.2, 0.25) is 9.84 Å². The lowest BCUT2D eigenvalue weighted by atomic mass is 9.83. The number of aliphatic hydroxyl groups excluding tert-OH is 1. The van der Waals surface area contributed by atoms with Crippen LogP contribution in [0.5, 0.6) is 0 Å². The molecule has 2 N–H and O–H groups in total. The molecule has 0 aromatic heterocycles. The van der Waals surface area contributed by atoms with Gasteiger partial charge in [0.25, 0.3) is 0 Å². The summed E-state index contributed by atoms with van der Waals surface area (Å²) in [6.45, 7) is 1.97. The molecule has 0 spiro atoms. The molecule has 1 unspecified atom stereocenters. The molecule has 0 saturated heterocycles. The number of sulfone groups is 1. The van der Waals surface area contributed by atoms with Crippen LogP contribution in [0.4, 0.5) is 5.69 Å². The van der Waals surface area contributed by atoms with E-state index < -0.39 is 9.84 Å². The summed E-state index contributed by atoms with van der Waals surface area (Å²) in [5.74, 6) is -0.119. The van der Waals surface area contributed by atoms with Gasteiger partial charge in [0.15, 0.2) is 0 Å². The molecule has 2 aliphatic carbocycles. The average molecular weight is 560 g/mol. The lowest BCUT2D eigenvalue weighted by Gasteiger charge is -2.24. The first kappa shape index (κ1) is 27.0. The van der Waals surface area contributed by atoms with Crippen LogP contribution in [0.15, 0.2) is 108 Å². The number of benzene rings is 4. The topological polar surface area (TPSA) is 66.4 Å². The van der Waals surface area contributed by atoms with Crippen molar-refractivity contribution in [3.8, 4) is 0 Å². The molecule has 0 bridgehead atoms. The molecular formula is C36H33NO3S. The van der Waals surface area contributed by atoms with Gasteiger partial charge in [-0.05, 0) is 88.0 Å². The minimum absolute atomic E-state index is 0.0117. The van der Waals surface area contributed by atoms with Gasteiger partial charge >= 0.3 is 0 Å². The van der Waals surface area contributed by atoms with Gasteiger partial charge in [-0.2, -0.15) is 0 Å². The second-order valence-corrected chi connectivity index (χ2v) is 12.6. The third-order valence-electron chi connectivity index (χ3n) is 8.03. The normalized spacial score (nSPS) is 16.4. The number of aryl methyl sites for hydroxylation is 1. The molecule has 4 nitrogen and oxygen atoms in total. The zero-order valence-electron chi connectivity index (χ0n) is 23.0. The fourth-order valence-electron chi connectivity index (χ4n) is 6.01. The Balaban J connectivity index is 0.000000229. The number of fused-ring (bicyclic) bond motifs is 5. The van der Waals surface area contributed by atoms with Gasteiger partial charge in [0, 0.05) is 17.8 Å². The van der Waals surface area contributed by atoms with Crippen molar-refractivity contribution in [3.63, 3.8) is 0 Å². The Labute approximate surface area is 240 Å². The second kappa shape index (κ2) is 11.4. The summed E-state index contributed by atoms with van der Waals surface area (Å²) in [7, 11) is -3.56. The van der Waals surface area contributed by atoms with Crippen molar-refractivity contribution < 1.29 is 13.5 Å². The minimum atomic E-state index is -3.56. The molecule has 0 radical (unpaired) electrons. The van der Waals surface area contributed by atoms with Crippen LogP contribution in [0.2, 0.25) is 0 Å². The zero-order valence-corrected chi connectivity index (χ0v) is 23.9. The van der Waals surface area contributed by atoms with Crippen molar-refractivity contribution >= 4 is 32.6 Å². The number of nitrogens with one attached hydrogen (secondary N) is 1. The second-order valence-electron chi connectivity index (χ2n) is 10.6.